The molecule has 1 aliphatic heterocycles. The number of fused-ring (bicyclic) bond motifs is 1. The van der Waals surface area contributed by atoms with E-state index in [2.05, 4.69) is 19.9 Å². The molecule has 0 amide bonds. The van der Waals surface area contributed by atoms with E-state index in [1.807, 2.05) is 78.9 Å². The van der Waals surface area contributed by atoms with Crippen LogP contribution in [0.2, 0.25) is 0 Å². The third-order valence-electron chi connectivity index (χ3n) is 8.08. The Bertz CT molecular complexity index is 1840. The monoisotopic (exact) mass is 640 g/mol. The molecule has 1 saturated heterocycles. The van der Waals surface area contributed by atoms with Crippen molar-refractivity contribution < 1.29 is 29.2 Å². The highest BCUT2D eigenvalue weighted by Crippen LogP contribution is 2.43. The average Bonchev–Trinajstić information content (AvgIpc) is 3.65. The number of imidazole rings is 1. The van der Waals surface area contributed by atoms with E-state index in [-0.39, 0.29) is 23.7 Å². The number of aliphatic hydroxyl groups excluding tert-OH is 2. The van der Waals surface area contributed by atoms with Crippen LogP contribution in [0.1, 0.15) is 22.9 Å². The van der Waals surface area contributed by atoms with Crippen LogP contribution >= 0.6 is 0 Å². The number of hydrogen-bond acceptors (Lipinski definition) is 10. The first kappa shape index (κ1) is 31.9. The Labute approximate surface area is 270 Å². The highest BCUT2D eigenvalue weighted by Gasteiger charge is 2.47. The van der Waals surface area contributed by atoms with Crippen LogP contribution in [0.4, 0.5) is 5.95 Å². The number of aromatic amines is 1. The van der Waals surface area contributed by atoms with Crippen molar-refractivity contribution in [1.82, 2.24) is 24.4 Å². The summed E-state index contributed by atoms with van der Waals surface area (Å²) in [5.41, 5.74) is 0.951. The zero-order valence-corrected chi connectivity index (χ0v) is 26.3. The van der Waals surface area contributed by atoms with Crippen molar-refractivity contribution in [3.05, 3.63) is 112 Å². The van der Waals surface area contributed by atoms with Gasteiger partial charge in [0.05, 0.1) is 33.5 Å². The summed E-state index contributed by atoms with van der Waals surface area (Å²) in [6.07, 6.45) is -1.97. The van der Waals surface area contributed by atoms with Crippen molar-refractivity contribution in [2.75, 3.05) is 34.9 Å². The third kappa shape index (κ3) is 6.09. The zero-order chi connectivity index (χ0) is 33.1. The summed E-state index contributed by atoms with van der Waals surface area (Å²) in [6, 6.07) is 24.9. The molecule has 0 radical (unpaired) electrons. The first-order valence-corrected chi connectivity index (χ1v) is 14.9. The maximum atomic E-state index is 12.7. The molecular formula is C34H36N6O7. The van der Waals surface area contributed by atoms with E-state index >= 15 is 0 Å². The van der Waals surface area contributed by atoms with Crippen LogP contribution in [0.5, 0.6) is 11.5 Å². The molecule has 47 heavy (non-hydrogen) atoms. The predicted molar refractivity (Wildman–Crippen MR) is 174 cm³/mol. The van der Waals surface area contributed by atoms with Crippen LogP contribution in [-0.4, -0.2) is 94.2 Å². The van der Waals surface area contributed by atoms with Gasteiger partial charge in [-0.05, 0) is 41.0 Å². The summed E-state index contributed by atoms with van der Waals surface area (Å²) in [6.45, 7) is -0.124. The Kier molecular flexibility index (Phi) is 9.05. The number of hydrogen-bond donors (Lipinski definition) is 3. The first-order chi connectivity index (χ1) is 22.7. The molecule has 244 valence electrons. The van der Waals surface area contributed by atoms with Crippen LogP contribution in [0.3, 0.4) is 0 Å². The molecule has 6 rings (SSSR count). The number of benzene rings is 3. The fourth-order valence-electron chi connectivity index (χ4n) is 5.71. The molecule has 1 aliphatic rings. The molecule has 13 nitrogen and oxygen atoms in total. The summed E-state index contributed by atoms with van der Waals surface area (Å²) in [5.74, 6) is 1.42. The van der Waals surface area contributed by atoms with Crippen LogP contribution in [0, 0.1) is 0 Å². The zero-order valence-electron chi connectivity index (χ0n) is 26.3. The lowest BCUT2D eigenvalue weighted by molar-refractivity contribution is -0.0942. The van der Waals surface area contributed by atoms with Gasteiger partial charge in [-0.15, -0.1) is 0 Å². The Balaban J connectivity index is 1.37. The fraction of sp³-hybridized carbons (Fsp3) is 0.294. The number of nitrogens with zero attached hydrogens (tertiary/aromatic N) is 5. The predicted octanol–water partition coefficient (Wildman–Crippen LogP) is 2.99. The largest absolute Gasteiger partial charge is 0.497 e. The number of nitrogens with one attached hydrogen (secondary N) is 1. The van der Waals surface area contributed by atoms with Crippen molar-refractivity contribution in [2.45, 2.75) is 30.1 Å². The van der Waals surface area contributed by atoms with Gasteiger partial charge in [0.1, 0.15) is 35.4 Å². The summed E-state index contributed by atoms with van der Waals surface area (Å²) in [5, 5.41) is 22.5. The van der Waals surface area contributed by atoms with Gasteiger partial charge in [0.2, 0.25) is 5.95 Å². The van der Waals surface area contributed by atoms with E-state index in [0.29, 0.717) is 11.5 Å². The number of H-pyrrole nitrogens is 1. The second kappa shape index (κ2) is 13.3. The van der Waals surface area contributed by atoms with Crippen LogP contribution in [0.25, 0.3) is 11.2 Å². The van der Waals surface area contributed by atoms with E-state index in [0.717, 1.165) is 16.7 Å². The van der Waals surface area contributed by atoms with Crippen molar-refractivity contribution in [3.63, 3.8) is 0 Å². The summed E-state index contributed by atoms with van der Waals surface area (Å²) in [7, 11) is 6.78. The van der Waals surface area contributed by atoms with Crippen LogP contribution in [0.15, 0.2) is 95.0 Å². The van der Waals surface area contributed by atoms with Gasteiger partial charge < -0.3 is 34.1 Å². The third-order valence-corrected chi connectivity index (χ3v) is 8.08. The van der Waals surface area contributed by atoms with E-state index in [1.54, 1.807) is 33.2 Å². The maximum absolute atomic E-state index is 12.7. The lowest BCUT2D eigenvalue weighted by Crippen LogP contribution is -2.39. The first-order valence-electron chi connectivity index (χ1n) is 14.9. The molecule has 1 fully saturated rings. The maximum Gasteiger partial charge on any atom is 0.280 e. The molecule has 0 spiro atoms. The van der Waals surface area contributed by atoms with Crippen molar-refractivity contribution >= 4 is 23.5 Å². The van der Waals surface area contributed by atoms with E-state index in [1.165, 1.54) is 17.2 Å². The Morgan fingerprint density at radius 3 is 2.11 bits per heavy atom. The number of aliphatic imine (C=N–C) groups is 1. The van der Waals surface area contributed by atoms with Gasteiger partial charge in [-0.3, -0.25) is 14.3 Å². The van der Waals surface area contributed by atoms with Gasteiger partial charge in [-0.2, -0.15) is 4.98 Å². The Morgan fingerprint density at radius 1 is 0.936 bits per heavy atom. The van der Waals surface area contributed by atoms with Crippen LogP contribution in [-0.2, 0) is 15.1 Å². The van der Waals surface area contributed by atoms with Gasteiger partial charge in [-0.25, -0.2) is 9.98 Å². The molecule has 2 aromatic heterocycles. The summed E-state index contributed by atoms with van der Waals surface area (Å²) < 4.78 is 25.4. The molecule has 5 aromatic rings. The molecule has 0 bridgehead atoms. The summed E-state index contributed by atoms with van der Waals surface area (Å²) in [4.78, 5) is 29.8. The Morgan fingerprint density at radius 2 is 1.53 bits per heavy atom. The van der Waals surface area contributed by atoms with E-state index in [9.17, 15) is 15.0 Å². The molecule has 3 heterocycles. The standard InChI is InChI=1S/C34H36N6O7/c1-39(2)19-36-33-37-30-27(31(43)38-33)35-20-40(30)32-29(42)28(41)26(47-32)18-46-34(21-8-6-5-7-9-21,22-10-14-24(44-3)15-11-22)23-12-16-25(45-4)17-13-23/h5-17,19-20,26,28-29,32,41-42H,18H2,1-4H3,(H,37,38,43)/b36-19+/t26-,28-,29-,32-/m1/s1. The van der Waals surface area contributed by atoms with Crippen LogP contribution < -0.4 is 15.0 Å². The van der Waals surface area contributed by atoms with Gasteiger partial charge in [0.15, 0.2) is 17.4 Å². The highest BCUT2D eigenvalue weighted by atomic mass is 16.6. The fourth-order valence-corrected chi connectivity index (χ4v) is 5.71. The molecule has 0 aliphatic carbocycles. The minimum Gasteiger partial charge on any atom is -0.497 e. The number of aliphatic hydroxyl groups is 2. The van der Waals surface area contributed by atoms with Gasteiger partial charge >= 0.3 is 0 Å². The molecular weight excluding hydrogens is 604 g/mol. The minimum atomic E-state index is -1.39. The summed E-state index contributed by atoms with van der Waals surface area (Å²) >= 11 is 0. The molecule has 0 saturated carbocycles. The Hall–Kier alpha value is -5.08. The topological polar surface area (TPSA) is 157 Å². The second-order valence-electron chi connectivity index (χ2n) is 11.3. The van der Waals surface area contributed by atoms with Crippen molar-refractivity contribution in [2.24, 2.45) is 4.99 Å². The quantitative estimate of drug-likeness (QED) is 0.111. The highest BCUT2D eigenvalue weighted by molar-refractivity contribution is 5.71. The number of aromatic nitrogens is 4. The van der Waals surface area contributed by atoms with Crippen molar-refractivity contribution in [1.29, 1.82) is 0 Å². The molecule has 0 unspecified atom stereocenters. The molecule has 3 N–H and O–H groups in total. The SMILES string of the molecule is COc1ccc(C(OC[C@H]2O[C@@H](n3cnc4c(=O)[nH]c(/N=C/N(C)C)nc43)[C@H](O)[C@@H]2O)(c2ccccc2)c2ccc(OC)cc2)cc1. The average molecular weight is 641 g/mol. The molecule has 3 aromatic carbocycles. The lowest BCUT2D eigenvalue weighted by Gasteiger charge is -2.37. The molecule has 4 atom stereocenters. The number of rotatable bonds is 11. The minimum absolute atomic E-state index is 0.0425. The molecule has 13 heteroatoms. The normalized spacial score (nSPS) is 19.8. The van der Waals surface area contributed by atoms with E-state index < -0.39 is 35.7 Å². The smallest absolute Gasteiger partial charge is 0.280 e. The number of methoxy groups -OCH3 is 2. The lowest BCUT2D eigenvalue weighted by atomic mass is 9.80. The van der Waals surface area contributed by atoms with Gasteiger partial charge in [0.25, 0.3) is 5.56 Å². The van der Waals surface area contributed by atoms with Gasteiger partial charge in [0, 0.05) is 14.1 Å². The number of ether oxygens (including phenoxy) is 4. The van der Waals surface area contributed by atoms with Crippen molar-refractivity contribution in [3.8, 4) is 11.5 Å². The van der Waals surface area contributed by atoms with E-state index in [4.69, 9.17) is 18.9 Å². The second-order valence-corrected chi connectivity index (χ2v) is 11.3. The van der Waals surface area contributed by atoms with Gasteiger partial charge in [-0.1, -0.05) is 54.6 Å².